The molecule has 0 aromatic carbocycles. The first-order valence-electron chi connectivity index (χ1n) is 7.68. The topological polar surface area (TPSA) is 88.9 Å². The fourth-order valence-corrected chi connectivity index (χ4v) is 4.12. The Balaban J connectivity index is 1.87. The van der Waals surface area contributed by atoms with Gasteiger partial charge in [-0.1, -0.05) is 0 Å². The summed E-state index contributed by atoms with van der Waals surface area (Å²) in [6, 6.07) is 1.70. The first kappa shape index (κ1) is 18.0. The molecule has 2 rings (SSSR count). The Labute approximate surface area is 137 Å². The highest BCUT2D eigenvalue weighted by molar-refractivity contribution is 7.89. The van der Waals surface area contributed by atoms with Crippen LogP contribution in [0.1, 0.15) is 34.7 Å². The van der Waals surface area contributed by atoms with E-state index in [1.807, 2.05) is 0 Å². The summed E-state index contributed by atoms with van der Waals surface area (Å²) in [5, 5.41) is 2.96. The van der Waals surface area contributed by atoms with E-state index in [0.29, 0.717) is 43.0 Å². The highest BCUT2D eigenvalue weighted by Gasteiger charge is 2.29. The van der Waals surface area contributed by atoms with Crippen LogP contribution in [-0.2, 0) is 14.8 Å². The van der Waals surface area contributed by atoms with Gasteiger partial charge in [-0.05, 0) is 32.8 Å². The standard InChI is InChI=1S/C15H24N2O5S/c1-11-10-14(12(2)22-11)15(18)16-13-4-6-17(7-5-13)23(19,20)9-8-21-3/h10,13H,4-9H2,1-3H3,(H,16,18). The van der Waals surface area contributed by atoms with Crippen molar-refractivity contribution in [3.8, 4) is 0 Å². The number of piperidine rings is 1. The summed E-state index contributed by atoms with van der Waals surface area (Å²) in [6.07, 6.45) is 1.21. The van der Waals surface area contributed by atoms with Crippen molar-refractivity contribution >= 4 is 15.9 Å². The summed E-state index contributed by atoms with van der Waals surface area (Å²) in [5.74, 6) is 1.12. The minimum Gasteiger partial charge on any atom is -0.466 e. The van der Waals surface area contributed by atoms with Crippen molar-refractivity contribution in [1.29, 1.82) is 0 Å². The van der Waals surface area contributed by atoms with E-state index in [2.05, 4.69) is 5.32 Å². The number of aryl methyl sites for hydroxylation is 2. The number of rotatable bonds is 6. The van der Waals surface area contributed by atoms with E-state index in [4.69, 9.17) is 9.15 Å². The van der Waals surface area contributed by atoms with Crippen molar-refractivity contribution in [1.82, 2.24) is 9.62 Å². The molecule has 1 aliphatic rings. The van der Waals surface area contributed by atoms with Gasteiger partial charge in [-0.15, -0.1) is 0 Å². The Morgan fingerprint density at radius 2 is 2.04 bits per heavy atom. The molecule has 1 N–H and O–H groups in total. The lowest BCUT2D eigenvalue weighted by Crippen LogP contribution is -2.47. The van der Waals surface area contributed by atoms with Crippen molar-refractivity contribution in [2.75, 3.05) is 32.6 Å². The molecular weight excluding hydrogens is 320 g/mol. The summed E-state index contributed by atoms with van der Waals surface area (Å²) in [6.45, 7) is 4.58. The Morgan fingerprint density at radius 1 is 1.39 bits per heavy atom. The Morgan fingerprint density at radius 3 is 2.57 bits per heavy atom. The van der Waals surface area contributed by atoms with Crippen LogP contribution in [0.15, 0.2) is 10.5 Å². The van der Waals surface area contributed by atoms with Crippen molar-refractivity contribution in [2.45, 2.75) is 32.7 Å². The highest BCUT2D eigenvalue weighted by Crippen LogP contribution is 2.17. The molecule has 1 aliphatic heterocycles. The van der Waals surface area contributed by atoms with Crippen LogP contribution in [0.5, 0.6) is 0 Å². The van der Waals surface area contributed by atoms with Gasteiger partial charge in [-0.3, -0.25) is 4.79 Å². The number of ether oxygens (including phenoxy) is 1. The van der Waals surface area contributed by atoms with E-state index < -0.39 is 10.0 Å². The lowest BCUT2D eigenvalue weighted by Gasteiger charge is -2.31. The number of nitrogens with zero attached hydrogens (tertiary/aromatic N) is 1. The number of sulfonamides is 1. The van der Waals surface area contributed by atoms with Crippen LogP contribution in [0.25, 0.3) is 0 Å². The largest absolute Gasteiger partial charge is 0.466 e. The van der Waals surface area contributed by atoms with E-state index in [0.717, 1.165) is 0 Å². The molecule has 7 nitrogen and oxygen atoms in total. The minimum atomic E-state index is -3.27. The molecule has 1 saturated heterocycles. The van der Waals surface area contributed by atoms with Gasteiger partial charge in [-0.25, -0.2) is 12.7 Å². The average Bonchev–Trinajstić information content (AvgIpc) is 2.84. The van der Waals surface area contributed by atoms with Gasteiger partial charge < -0.3 is 14.5 Å². The predicted octanol–water partition coefficient (Wildman–Crippen LogP) is 1.07. The van der Waals surface area contributed by atoms with Gasteiger partial charge in [0, 0.05) is 26.2 Å². The summed E-state index contributed by atoms with van der Waals surface area (Å²) in [7, 11) is -1.79. The van der Waals surface area contributed by atoms with Gasteiger partial charge in [0.25, 0.3) is 5.91 Å². The number of carbonyl (C=O) groups excluding carboxylic acids is 1. The van der Waals surface area contributed by atoms with Crippen LogP contribution < -0.4 is 5.32 Å². The molecule has 8 heteroatoms. The monoisotopic (exact) mass is 344 g/mol. The second kappa shape index (κ2) is 7.46. The normalized spacial score (nSPS) is 17.3. The molecule has 0 atom stereocenters. The van der Waals surface area contributed by atoms with Crippen LogP contribution in [0.3, 0.4) is 0 Å². The highest BCUT2D eigenvalue weighted by atomic mass is 32.2. The number of nitrogens with one attached hydrogen (secondary N) is 1. The van der Waals surface area contributed by atoms with Crippen LogP contribution in [0.4, 0.5) is 0 Å². The van der Waals surface area contributed by atoms with Crippen molar-refractivity contribution in [3.05, 3.63) is 23.2 Å². The van der Waals surface area contributed by atoms with Crippen molar-refractivity contribution in [2.24, 2.45) is 0 Å². The maximum Gasteiger partial charge on any atom is 0.255 e. The Kier molecular flexibility index (Phi) is 5.83. The third-order valence-electron chi connectivity index (χ3n) is 4.01. The molecule has 0 spiro atoms. The van der Waals surface area contributed by atoms with Crippen LogP contribution >= 0.6 is 0 Å². The van der Waals surface area contributed by atoms with Crippen LogP contribution in [0, 0.1) is 13.8 Å². The zero-order valence-electron chi connectivity index (χ0n) is 13.8. The second-order valence-corrected chi connectivity index (χ2v) is 7.87. The first-order chi connectivity index (χ1) is 10.8. The van der Waals surface area contributed by atoms with Gasteiger partial charge in [0.05, 0.1) is 17.9 Å². The van der Waals surface area contributed by atoms with Gasteiger partial charge in [-0.2, -0.15) is 0 Å². The van der Waals surface area contributed by atoms with Gasteiger partial charge in [0.2, 0.25) is 10.0 Å². The smallest absolute Gasteiger partial charge is 0.255 e. The fraction of sp³-hybridized carbons (Fsp3) is 0.667. The van der Waals surface area contributed by atoms with Gasteiger partial charge in [0.15, 0.2) is 0 Å². The second-order valence-electron chi connectivity index (χ2n) is 5.78. The molecule has 0 bridgehead atoms. The van der Waals surface area contributed by atoms with Crippen LogP contribution in [0.2, 0.25) is 0 Å². The number of furan rings is 1. The molecule has 0 radical (unpaired) electrons. The summed E-state index contributed by atoms with van der Waals surface area (Å²) in [4.78, 5) is 12.2. The Hall–Kier alpha value is -1.38. The number of carbonyl (C=O) groups is 1. The number of hydrogen-bond donors (Lipinski definition) is 1. The molecule has 130 valence electrons. The number of amides is 1. The Bertz CT molecular complexity index is 645. The predicted molar refractivity (Wildman–Crippen MR) is 85.9 cm³/mol. The fourth-order valence-electron chi connectivity index (χ4n) is 2.72. The lowest BCUT2D eigenvalue weighted by molar-refractivity contribution is 0.0922. The minimum absolute atomic E-state index is 0.00594. The summed E-state index contributed by atoms with van der Waals surface area (Å²) in [5.41, 5.74) is 0.539. The van der Waals surface area contributed by atoms with E-state index in [-0.39, 0.29) is 24.3 Å². The third kappa shape index (κ3) is 4.55. The maximum absolute atomic E-state index is 12.2. The summed E-state index contributed by atoms with van der Waals surface area (Å²) < 4.78 is 35.8. The molecule has 1 fully saturated rings. The molecule has 2 heterocycles. The number of methoxy groups -OCH3 is 1. The molecule has 1 aromatic rings. The lowest BCUT2D eigenvalue weighted by atomic mass is 10.1. The van der Waals surface area contributed by atoms with E-state index in [9.17, 15) is 13.2 Å². The van der Waals surface area contributed by atoms with Crippen molar-refractivity contribution < 1.29 is 22.4 Å². The zero-order valence-corrected chi connectivity index (χ0v) is 14.6. The molecule has 23 heavy (non-hydrogen) atoms. The van der Waals surface area contributed by atoms with Gasteiger partial charge in [0.1, 0.15) is 11.5 Å². The molecule has 1 aromatic heterocycles. The SMILES string of the molecule is COCCS(=O)(=O)N1CCC(NC(=O)c2cc(C)oc2C)CC1. The average molecular weight is 344 g/mol. The van der Waals surface area contributed by atoms with E-state index >= 15 is 0 Å². The molecular formula is C15H24N2O5S. The molecule has 1 amide bonds. The maximum atomic E-state index is 12.2. The summed E-state index contributed by atoms with van der Waals surface area (Å²) >= 11 is 0. The van der Waals surface area contributed by atoms with E-state index in [1.54, 1.807) is 19.9 Å². The molecule has 0 aliphatic carbocycles. The van der Waals surface area contributed by atoms with Gasteiger partial charge >= 0.3 is 0 Å². The van der Waals surface area contributed by atoms with Crippen molar-refractivity contribution in [3.63, 3.8) is 0 Å². The third-order valence-corrected chi connectivity index (χ3v) is 5.85. The van der Waals surface area contributed by atoms with Crippen LogP contribution in [-0.4, -0.2) is 57.2 Å². The quantitative estimate of drug-likeness (QED) is 0.834. The number of hydrogen-bond acceptors (Lipinski definition) is 5. The van der Waals surface area contributed by atoms with E-state index in [1.165, 1.54) is 11.4 Å². The molecule has 0 unspecified atom stereocenters. The first-order valence-corrected chi connectivity index (χ1v) is 9.29. The zero-order chi connectivity index (χ0) is 17.0. The molecule has 0 saturated carbocycles.